The summed E-state index contributed by atoms with van der Waals surface area (Å²) in [4.78, 5) is 15.6. The van der Waals surface area contributed by atoms with Gasteiger partial charge in [0.25, 0.3) is 0 Å². The second-order valence-electron chi connectivity index (χ2n) is 3.69. The molecule has 17 heavy (non-hydrogen) atoms. The van der Waals surface area contributed by atoms with Gasteiger partial charge in [0.15, 0.2) is 0 Å². The third-order valence-corrected chi connectivity index (χ3v) is 2.70. The minimum Gasteiger partial charge on any atom is -0.331 e. The Bertz CT molecular complexity index is 493. The highest BCUT2D eigenvalue weighted by atomic mass is 35.5. The predicted octanol–water partition coefficient (Wildman–Crippen LogP) is 2.86. The SMILES string of the molecule is CC(NC(=O)n1ccnc1)c1ccc(Cl)cc1. The maximum atomic E-state index is 11.7. The molecular formula is C12H12ClN3O. The van der Waals surface area contributed by atoms with Crippen LogP contribution >= 0.6 is 11.6 Å². The summed E-state index contributed by atoms with van der Waals surface area (Å²) < 4.78 is 1.40. The summed E-state index contributed by atoms with van der Waals surface area (Å²) in [5, 5.41) is 3.54. The van der Waals surface area contributed by atoms with Gasteiger partial charge in [-0.1, -0.05) is 23.7 Å². The number of benzene rings is 1. The smallest absolute Gasteiger partial charge is 0.327 e. The highest BCUT2D eigenvalue weighted by molar-refractivity contribution is 6.30. The van der Waals surface area contributed by atoms with Crippen molar-refractivity contribution >= 4 is 17.6 Å². The maximum absolute atomic E-state index is 11.7. The van der Waals surface area contributed by atoms with Crippen LogP contribution in [0.15, 0.2) is 43.0 Å². The zero-order chi connectivity index (χ0) is 12.3. The summed E-state index contributed by atoms with van der Waals surface area (Å²) in [6, 6.07) is 7.10. The van der Waals surface area contributed by atoms with Gasteiger partial charge in [0.05, 0.1) is 6.04 Å². The highest BCUT2D eigenvalue weighted by Gasteiger charge is 2.10. The Morgan fingerprint density at radius 3 is 2.71 bits per heavy atom. The van der Waals surface area contributed by atoms with Crippen molar-refractivity contribution in [1.82, 2.24) is 14.9 Å². The Balaban J connectivity index is 2.04. The summed E-state index contributed by atoms with van der Waals surface area (Å²) in [6.07, 6.45) is 4.63. The standard InChI is InChI=1S/C12H12ClN3O/c1-9(10-2-4-11(13)5-3-10)15-12(17)16-7-6-14-8-16/h2-9H,1H3,(H,15,17). The lowest BCUT2D eigenvalue weighted by Gasteiger charge is -2.14. The Labute approximate surface area is 104 Å². The first-order chi connectivity index (χ1) is 8.16. The van der Waals surface area contributed by atoms with Crippen molar-refractivity contribution in [3.63, 3.8) is 0 Å². The number of nitrogens with one attached hydrogen (secondary N) is 1. The van der Waals surface area contributed by atoms with Crippen LogP contribution in [0, 0.1) is 0 Å². The van der Waals surface area contributed by atoms with E-state index in [4.69, 9.17) is 11.6 Å². The molecular weight excluding hydrogens is 238 g/mol. The van der Waals surface area contributed by atoms with E-state index in [0.29, 0.717) is 5.02 Å². The molecule has 4 nitrogen and oxygen atoms in total. The van der Waals surface area contributed by atoms with Gasteiger partial charge >= 0.3 is 6.03 Å². The third kappa shape index (κ3) is 2.85. The van der Waals surface area contributed by atoms with Crippen LogP contribution in [0.25, 0.3) is 0 Å². The summed E-state index contributed by atoms with van der Waals surface area (Å²) in [7, 11) is 0. The first-order valence-electron chi connectivity index (χ1n) is 5.21. The number of carbonyl (C=O) groups is 1. The number of amides is 1. The molecule has 0 spiro atoms. The third-order valence-electron chi connectivity index (χ3n) is 2.45. The Morgan fingerprint density at radius 2 is 2.12 bits per heavy atom. The van der Waals surface area contributed by atoms with E-state index in [-0.39, 0.29) is 12.1 Å². The van der Waals surface area contributed by atoms with Crippen LogP contribution in [0.5, 0.6) is 0 Å². The topological polar surface area (TPSA) is 46.9 Å². The zero-order valence-electron chi connectivity index (χ0n) is 9.30. The van der Waals surface area contributed by atoms with Gasteiger partial charge in [-0.25, -0.2) is 9.78 Å². The van der Waals surface area contributed by atoms with Crippen molar-refractivity contribution in [2.75, 3.05) is 0 Å². The van der Waals surface area contributed by atoms with Crippen molar-refractivity contribution < 1.29 is 4.79 Å². The monoisotopic (exact) mass is 249 g/mol. The Kier molecular flexibility index (Phi) is 3.44. The molecule has 1 aromatic heterocycles. The zero-order valence-corrected chi connectivity index (χ0v) is 10.1. The quantitative estimate of drug-likeness (QED) is 0.890. The van der Waals surface area contributed by atoms with E-state index >= 15 is 0 Å². The summed E-state index contributed by atoms with van der Waals surface area (Å²) in [5.74, 6) is 0. The molecule has 0 aliphatic carbocycles. The molecule has 2 aromatic rings. The molecule has 1 aromatic carbocycles. The van der Waals surface area contributed by atoms with Crippen LogP contribution in [0.2, 0.25) is 5.02 Å². The molecule has 1 unspecified atom stereocenters. The van der Waals surface area contributed by atoms with Crippen LogP contribution in [-0.2, 0) is 0 Å². The first kappa shape index (κ1) is 11.7. The number of aromatic nitrogens is 2. The van der Waals surface area contributed by atoms with Crippen molar-refractivity contribution in [2.24, 2.45) is 0 Å². The maximum Gasteiger partial charge on any atom is 0.327 e. The van der Waals surface area contributed by atoms with Crippen molar-refractivity contribution in [3.05, 3.63) is 53.6 Å². The molecule has 0 fully saturated rings. The van der Waals surface area contributed by atoms with Gasteiger partial charge in [0.2, 0.25) is 0 Å². The predicted molar refractivity (Wildman–Crippen MR) is 66.0 cm³/mol. The minimum absolute atomic E-state index is 0.0813. The molecule has 0 saturated heterocycles. The van der Waals surface area contributed by atoms with Gasteiger partial charge in [0, 0.05) is 17.4 Å². The van der Waals surface area contributed by atoms with Crippen molar-refractivity contribution in [2.45, 2.75) is 13.0 Å². The fraction of sp³-hybridized carbons (Fsp3) is 0.167. The van der Waals surface area contributed by atoms with Crippen LogP contribution in [-0.4, -0.2) is 15.6 Å². The molecule has 2 rings (SSSR count). The Hall–Kier alpha value is -1.81. The summed E-state index contributed by atoms with van der Waals surface area (Å²) >= 11 is 5.80. The molecule has 5 heteroatoms. The van der Waals surface area contributed by atoms with E-state index in [2.05, 4.69) is 10.3 Å². The number of hydrogen-bond acceptors (Lipinski definition) is 2. The largest absolute Gasteiger partial charge is 0.331 e. The fourth-order valence-electron chi connectivity index (χ4n) is 1.47. The molecule has 1 amide bonds. The van der Waals surface area contributed by atoms with Crippen LogP contribution in [0.4, 0.5) is 4.79 Å². The number of imidazole rings is 1. The molecule has 0 saturated carbocycles. The van der Waals surface area contributed by atoms with Crippen LogP contribution in [0.1, 0.15) is 18.5 Å². The second-order valence-corrected chi connectivity index (χ2v) is 4.13. The normalized spacial score (nSPS) is 12.1. The van der Waals surface area contributed by atoms with E-state index < -0.39 is 0 Å². The minimum atomic E-state index is -0.204. The van der Waals surface area contributed by atoms with Gasteiger partial charge in [-0.3, -0.25) is 4.57 Å². The Morgan fingerprint density at radius 1 is 1.41 bits per heavy atom. The van der Waals surface area contributed by atoms with Crippen LogP contribution in [0.3, 0.4) is 0 Å². The lowest BCUT2D eigenvalue weighted by molar-refractivity contribution is 0.239. The van der Waals surface area contributed by atoms with E-state index in [1.807, 2.05) is 19.1 Å². The summed E-state index contributed by atoms with van der Waals surface area (Å²) in [5.41, 5.74) is 1.00. The van der Waals surface area contributed by atoms with Crippen molar-refractivity contribution in [3.8, 4) is 0 Å². The molecule has 1 N–H and O–H groups in total. The molecule has 0 radical (unpaired) electrons. The van der Waals surface area contributed by atoms with Gasteiger partial charge in [-0.2, -0.15) is 0 Å². The van der Waals surface area contributed by atoms with E-state index in [0.717, 1.165) is 5.56 Å². The molecule has 1 atom stereocenters. The molecule has 0 aliphatic heterocycles. The molecule has 0 bridgehead atoms. The van der Waals surface area contributed by atoms with E-state index in [1.165, 1.54) is 10.9 Å². The van der Waals surface area contributed by atoms with E-state index in [9.17, 15) is 4.79 Å². The molecule has 1 heterocycles. The molecule has 0 aliphatic rings. The highest BCUT2D eigenvalue weighted by Crippen LogP contribution is 2.15. The first-order valence-corrected chi connectivity index (χ1v) is 5.59. The average Bonchev–Trinajstić information content (AvgIpc) is 2.83. The average molecular weight is 250 g/mol. The number of hydrogen-bond donors (Lipinski definition) is 1. The number of nitrogens with zero attached hydrogens (tertiary/aromatic N) is 2. The number of rotatable bonds is 2. The van der Waals surface area contributed by atoms with E-state index in [1.54, 1.807) is 24.5 Å². The lowest BCUT2D eigenvalue weighted by Crippen LogP contribution is -2.30. The molecule has 88 valence electrons. The van der Waals surface area contributed by atoms with Crippen molar-refractivity contribution in [1.29, 1.82) is 0 Å². The number of halogens is 1. The second kappa shape index (κ2) is 5.01. The van der Waals surface area contributed by atoms with Gasteiger partial charge in [-0.15, -0.1) is 0 Å². The van der Waals surface area contributed by atoms with Crippen LogP contribution < -0.4 is 5.32 Å². The summed E-state index contributed by atoms with van der Waals surface area (Å²) in [6.45, 7) is 1.91. The van der Waals surface area contributed by atoms with Gasteiger partial charge in [-0.05, 0) is 24.6 Å². The van der Waals surface area contributed by atoms with Gasteiger partial charge < -0.3 is 5.32 Å². The van der Waals surface area contributed by atoms with Gasteiger partial charge in [0.1, 0.15) is 6.33 Å². The number of carbonyl (C=O) groups excluding carboxylic acids is 1. The fourth-order valence-corrected chi connectivity index (χ4v) is 1.60. The lowest BCUT2D eigenvalue weighted by atomic mass is 10.1.